The van der Waals surface area contributed by atoms with Gasteiger partial charge in [-0.15, -0.1) is 0 Å². The average Bonchev–Trinajstić information content (AvgIpc) is 2.37. The summed E-state index contributed by atoms with van der Waals surface area (Å²) in [5, 5.41) is 9.36. The lowest BCUT2D eigenvalue weighted by atomic mass is 10.1. The largest absolute Gasteiger partial charge is 0.385 e. The molecule has 1 aromatic carbocycles. The standard InChI is InChI=1S/C12H16BrFO2S/c1-9-3-5-11(6-4-9)17(16)10(2)12(15,7-13)8-14/h3-6,10,15H,7-8H2,1-2H3/t10-,12+,17-/m1/s1. The SMILES string of the molecule is Cc1ccc([S@](=O)[C@H](C)[C@@](O)(CF)CBr)cc1. The summed E-state index contributed by atoms with van der Waals surface area (Å²) in [7, 11) is -1.43. The Labute approximate surface area is 112 Å². The monoisotopic (exact) mass is 322 g/mol. The van der Waals surface area contributed by atoms with E-state index in [4.69, 9.17) is 0 Å². The van der Waals surface area contributed by atoms with Crippen LogP contribution < -0.4 is 0 Å². The molecule has 17 heavy (non-hydrogen) atoms. The lowest BCUT2D eigenvalue weighted by molar-refractivity contribution is 0.0401. The van der Waals surface area contributed by atoms with Crippen molar-refractivity contribution in [3.63, 3.8) is 0 Å². The molecule has 0 spiro atoms. The molecule has 0 saturated carbocycles. The Kier molecular flexibility index (Phi) is 5.28. The van der Waals surface area contributed by atoms with Gasteiger partial charge in [0, 0.05) is 10.2 Å². The number of hydrogen-bond donors (Lipinski definition) is 1. The first-order valence-corrected chi connectivity index (χ1v) is 7.59. The van der Waals surface area contributed by atoms with E-state index >= 15 is 0 Å². The van der Waals surface area contributed by atoms with Crippen LogP contribution in [-0.2, 0) is 10.8 Å². The molecule has 0 amide bonds. The minimum atomic E-state index is -1.59. The molecule has 0 aromatic heterocycles. The van der Waals surface area contributed by atoms with Gasteiger partial charge in [0.2, 0.25) is 0 Å². The van der Waals surface area contributed by atoms with Crippen LogP contribution in [-0.4, -0.2) is 32.2 Å². The highest BCUT2D eigenvalue weighted by Gasteiger charge is 2.37. The van der Waals surface area contributed by atoms with E-state index in [0.717, 1.165) is 5.56 Å². The molecule has 0 radical (unpaired) electrons. The molecule has 2 nitrogen and oxygen atoms in total. The van der Waals surface area contributed by atoms with Gasteiger partial charge in [-0.2, -0.15) is 0 Å². The topological polar surface area (TPSA) is 37.3 Å². The Morgan fingerprint density at radius 3 is 2.41 bits per heavy atom. The molecule has 0 fully saturated rings. The van der Waals surface area contributed by atoms with Gasteiger partial charge >= 0.3 is 0 Å². The van der Waals surface area contributed by atoms with Crippen molar-refractivity contribution in [1.82, 2.24) is 0 Å². The molecule has 0 aliphatic rings. The van der Waals surface area contributed by atoms with E-state index in [-0.39, 0.29) is 5.33 Å². The number of halogens is 2. The summed E-state index contributed by atoms with van der Waals surface area (Å²) in [6.07, 6.45) is 0. The van der Waals surface area contributed by atoms with Crippen molar-refractivity contribution in [2.75, 3.05) is 12.0 Å². The molecule has 0 aliphatic heterocycles. The third kappa shape index (κ3) is 3.36. The summed E-state index contributed by atoms with van der Waals surface area (Å²) in [6.45, 7) is 2.61. The molecule has 96 valence electrons. The van der Waals surface area contributed by atoms with Crippen molar-refractivity contribution in [2.24, 2.45) is 0 Å². The Morgan fingerprint density at radius 2 is 2.00 bits per heavy atom. The van der Waals surface area contributed by atoms with E-state index in [1.807, 2.05) is 19.1 Å². The first-order chi connectivity index (χ1) is 7.94. The Morgan fingerprint density at radius 1 is 1.47 bits per heavy atom. The summed E-state index contributed by atoms with van der Waals surface area (Å²) >= 11 is 3.06. The smallest absolute Gasteiger partial charge is 0.120 e. The van der Waals surface area contributed by atoms with Gasteiger partial charge in [0.05, 0.1) is 16.0 Å². The normalized spacial score (nSPS) is 18.4. The van der Waals surface area contributed by atoms with Crippen LogP contribution in [0.4, 0.5) is 4.39 Å². The maximum Gasteiger partial charge on any atom is 0.120 e. The molecule has 1 N–H and O–H groups in total. The quantitative estimate of drug-likeness (QED) is 0.846. The number of aryl methyl sites for hydroxylation is 1. The van der Waals surface area contributed by atoms with Crippen LogP contribution in [0.2, 0.25) is 0 Å². The summed E-state index contributed by atoms with van der Waals surface area (Å²) in [5.41, 5.74) is -0.518. The summed E-state index contributed by atoms with van der Waals surface area (Å²) < 4.78 is 25.0. The molecule has 0 bridgehead atoms. The zero-order valence-corrected chi connectivity index (χ0v) is 12.2. The predicted molar refractivity (Wildman–Crippen MR) is 71.8 cm³/mol. The van der Waals surface area contributed by atoms with Gasteiger partial charge < -0.3 is 5.11 Å². The summed E-state index contributed by atoms with van der Waals surface area (Å²) in [6, 6.07) is 7.19. The predicted octanol–water partition coefficient (Wildman–Crippen LogP) is 2.59. The Balaban J connectivity index is 2.93. The average molecular weight is 323 g/mol. The number of alkyl halides is 2. The zero-order chi connectivity index (χ0) is 13.1. The molecule has 1 rings (SSSR count). The van der Waals surface area contributed by atoms with Gasteiger partial charge in [-0.1, -0.05) is 33.6 Å². The number of hydrogen-bond acceptors (Lipinski definition) is 2. The first kappa shape index (κ1) is 14.8. The maximum atomic E-state index is 12.8. The van der Waals surface area contributed by atoms with Crippen molar-refractivity contribution < 1.29 is 13.7 Å². The lowest BCUT2D eigenvalue weighted by Crippen LogP contribution is -2.46. The molecule has 0 unspecified atom stereocenters. The van der Waals surface area contributed by atoms with Gasteiger partial charge in [-0.05, 0) is 26.0 Å². The molecule has 1 aromatic rings. The highest BCUT2D eigenvalue weighted by Crippen LogP contribution is 2.23. The van der Waals surface area contributed by atoms with E-state index < -0.39 is 28.3 Å². The fourth-order valence-corrected chi connectivity index (χ4v) is 3.54. The van der Waals surface area contributed by atoms with E-state index in [1.54, 1.807) is 19.1 Å². The second-order valence-corrected chi connectivity index (χ2v) is 6.46. The minimum Gasteiger partial charge on any atom is -0.385 e. The summed E-state index contributed by atoms with van der Waals surface area (Å²) in [5.74, 6) is 0. The molecule has 5 heteroatoms. The molecule has 0 heterocycles. The first-order valence-electron chi connectivity index (χ1n) is 5.26. The van der Waals surface area contributed by atoms with Crippen LogP contribution in [0.15, 0.2) is 29.2 Å². The molecule has 0 aliphatic carbocycles. The van der Waals surface area contributed by atoms with Crippen molar-refractivity contribution in [2.45, 2.75) is 29.6 Å². The third-order valence-corrected chi connectivity index (χ3v) is 5.58. The second kappa shape index (κ2) is 6.07. The molecule has 0 saturated heterocycles. The van der Waals surface area contributed by atoms with Gasteiger partial charge in [0.25, 0.3) is 0 Å². The van der Waals surface area contributed by atoms with Gasteiger partial charge in [0.15, 0.2) is 0 Å². The zero-order valence-electron chi connectivity index (χ0n) is 9.82. The fourth-order valence-electron chi connectivity index (χ4n) is 1.33. The van der Waals surface area contributed by atoms with Crippen LogP contribution >= 0.6 is 15.9 Å². The highest BCUT2D eigenvalue weighted by molar-refractivity contribution is 9.09. The molecular formula is C12H16BrFO2S. The van der Waals surface area contributed by atoms with Crippen LogP contribution in [0, 0.1) is 6.92 Å². The Hall–Kier alpha value is -0.260. The van der Waals surface area contributed by atoms with E-state index in [2.05, 4.69) is 15.9 Å². The van der Waals surface area contributed by atoms with Crippen LogP contribution in [0.3, 0.4) is 0 Å². The van der Waals surface area contributed by atoms with Gasteiger partial charge in [0.1, 0.15) is 12.3 Å². The number of aliphatic hydroxyl groups is 1. The number of benzene rings is 1. The minimum absolute atomic E-state index is 0.0648. The van der Waals surface area contributed by atoms with Crippen LogP contribution in [0.25, 0.3) is 0 Å². The third-order valence-electron chi connectivity index (χ3n) is 2.79. The highest BCUT2D eigenvalue weighted by atomic mass is 79.9. The van der Waals surface area contributed by atoms with Crippen molar-refractivity contribution >= 4 is 26.7 Å². The number of rotatable bonds is 5. The summed E-state index contributed by atoms with van der Waals surface area (Å²) in [4.78, 5) is 0.607. The fraction of sp³-hybridized carbons (Fsp3) is 0.500. The van der Waals surface area contributed by atoms with E-state index in [9.17, 15) is 13.7 Å². The maximum absolute atomic E-state index is 12.8. The Bertz CT molecular complexity index is 390. The van der Waals surface area contributed by atoms with E-state index in [1.165, 1.54) is 0 Å². The van der Waals surface area contributed by atoms with Crippen LogP contribution in [0.5, 0.6) is 0 Å². The van der Waals surface area contributed by atoms with Crippen molar-refractivity contribution in [1.29, 1.82) is 0 Å². The second-order valence-electron chi connectivity index (χ2n) is 4.12. The van der Waals surface area contributed by atoms with Gasteiger partial charge in [-0.25, -0.2) is 4.39 Å². The lowest BCUT2D eigenvalue weighted by Gasteiger charge is -2.28. The van der Waals surface area contributed by atoms with Crippen LogP contribution in [0.1, 0.15) is 12.5 Å². The van der Waals surface area contributed by atoms with Crippen molar-refractivity contribution in [3.8, 4) is 0 Å². The molecule has 3 atom stereocenters. The van der Waals surface area contributed by atoms with E-state index in [0.29, 0.717) is 4.90 Å². The van der Waals surface area contributed by atoms with Crippen molar-refractivity contribution in [3.05, 3.63) is 29.8 Å². The van der Waals surface area contributed by atoms with Gasteiger partial charge in [-0.3, -0.25) is 4.21 Å². The molecular weight excluding hydrogens is 307 g/mol.